The monoisotopic (exact) mass is 632 g/mol. The summed E-state index contributed by atoms with van der Waals surface area (Å²) in [6.07, 6.45) is 2.70. The first-order chi connectivity index (χ1) is 20.1. The number of ketones is 2. The fraction of sp³-hybridized carbons (Fsp3) is 0.862. The minimum absolute atomic E-state index is 0.0385. The van der Waals surface area contributed by atoms with Crippen molar-refractivity contribution in [3.8, 4) is 0 Å². The predicted molar refractivity (Wildman–Crippen MR) is 170 cm³/mol. The van der Waals surface area contributed by atoms with Gasteiger partial charge in [-0.2, -0.15) is 0 Å². The Balaban J connectivity index is 5.56. The highest BCUT2D eigenvalue weighted by molar-refractivity contribution is 7.91. The van der Waals surface area contributed by atoms with Gasteiger partial charge in [-0.1, -0.05) is 40.4 Å². The van der Waals surface area contributed by atoms with E-state index in [4.69, 9.17) is 11.5 Å². The molecular weight excluding hydrogens is 575 g/mol. The van der Waals surface area contributed by atoms with Crippen molar-refractivity contribution in [2.45, 2.75) is 123 Å². The summed E-state index contributed by atoms with van der Waals surface area (Å²) in [4.78, 5) is 52.3. The van der Waals surface area contributed by atoms with Gasteiger partial charge in [0.15, 0.2) is 21.4 Å². The Morgan fingerprint density at radius 2 is 1.42 bits per heavy atom. The topological polar surface area (TPSA) is 219 Å². The number of amides is 2. The zero-order valence-electron chi connectivity index (χ0n) is 26.8. The number of nitrogens with one attached hydrogen (secondary N) is 2. The summed E-state index contributed by atoms with van der Waals surface area (Å²) in [5, 5.41) is 25.4. The zero-order chi connectivity index (χ0) is 33.2. The second-order valence-electron chi connectivity index (χ2n) is 12.0. The molecule has 0 aromatic rings. The first-order valence-electron chi connectivity index (χ1n) is 15.7. The normalized spacial score (nSPS) is 15.9. The Hall–Kier alpha value is -1.87. The second kappa shape index (κ2) is 21.8. The maximum absolute atomic E-state index is 13.2. The van der Waals surface area contributed by atoms with Crippen LogP contribution >= 0.6 is 0 Å². The van der Waals surface area contributed by atoms with Crippen molar-refractivity contribution < 1.29 is 37.7 Å². The van der Waals surface area contributed by atoms with Crippen LogP contribution in [0.1, 0.15) is 91.9 Å². The van der Waals surface area contributed by atoms with Crippen LogP contribution in [0.25, 0.3) is 0 Å². The molecular formula is C29H57BN4O8S. The van der Waals surface area contributed by atoms with Gasteiger partial charge in [0.05, 0.1) is 29.6 Å². The van der Waals surface area contributed by atoms with Crippen molar-refractivity contribution in [3.05, 3.63) is 0 Å². The van der Waals surface area contributed by atoms with Gasteiger partial charge in [0, 0.05) is 18.8 Å². The first-order valence-corrected chi connectivity index (χ1v) is 17.5. The highest BCUT2D eigenvalue weighted by atomic mass is 32.2. The summed E-state index contributed by atoms with van der Waals surface area (Å²) in [6, 6.07) is -2.14. The van der Waals surface area contributed by atoms with Crippen molar-refractivity contribution >= 4 is 40.1 Å². The number of rotatable bonds is 25. The molecule has 0 aromatic carbocycles. The number of carbonyl (C=O) groups is 4. The van der Waals surface area contributed by atoms with Crippen LogP contribution in [-0.2, 0) is 29.0 Å². The predicted octanol–water partition coefficient (Wildman–Crippen LogP) is 0.984. The lowest BCUT2D eigenvalue weighted by atomic mass is 9.58. The van der Waals surface area contributed by atoms with Crippen LogP contribution in [-0.4, -0.2) is 91.6 Å². The number of sulfone groups is 1. The molecule has 0 rings (SSSR count). The first kappa shape index (κ1) is 41.1. The molecule has 2 amide bonds. The van der Waals surface area contributed by atoms with Gasteiger partial charge in [0.1, 0.15) is 6.04 Å². The summed E-state index contributed by atoms with van der Waals surface area (Å²) < 4.78 is 25.2. The zero-order valence-corrected chi connectivity index (χ0v) is 27.7. The van der Waals surface area contributed by atoms with E-state index in [1.165, 1.54) is 13.8 Å². The number of unbranched alkanes of at least 4 members (excludes halogenated alkanes) is 3. The maximum Gasteiger partial charge on any atom is 0.289 e. The molecule has 0 spiro atoms. The van der Waals surface area contributed by atoms with Crippen LogP contribution in [0.5, 0.6) is 0 Å². The molecule has 0 heterocycles. The highest BCUT2D eigenvalue weighted by Gasteiger charge is 2.33. The fourth-order valence-corrected chi connectivity index (χ4v) is 6.42. The molecule has 0 unspecified atom stereocenters. The van der Waals surface area contributed by atoms with Gasteiger partial charge < -0.3 is 32.2 Å². The van der Waals surface area contributed by atoms with E-state index in [1.807, 2.05) is 6.92 Å². The van der Waals surface area contributed by atoms with Gasteiger partial charge in [-0.25, -0.2) is 8.42 Å². The van der Waals surface area contributed by atoms with Gasteiger partial charge in [0.2, 0.25) is 11.8 Å². The van der Waals surface area contributed by atoms with Crippen LogP contribution in [0, 0.1) is 11.8 Å². The Bertz CT molecular complexity index is 964. The molecule has 43 heavy (non-hydrogen) atoms. The van der Waals surface area contributed by atoms with E-state index < -0.39 is 64.4 Å². The smallest absolute Gasteiger partial charge is 0.289 e. The quantitative estimate of drug-likeness (QED) is 0.0619. The molecule has 0 aliphatic carbocycles. The van der Waals surface area contributed by atoms with Crippen molar-refractivity contribution in [2.24, 2.45) is 23.3 Å². The van der Waals surface area contributed by atoms with Gasteiger partial charge >= 0.3 is 0 Å². The van der Waals surface area contributed by atoms with E-state index >= 15 is 0 Å². The van der Waals surface area contributed by atoms with E-state index in [2.05, 4.69) is 10.6 Å². The Morgan fingerprint density at radius 3 is 1.93 bits per heavy atom. The number of aliphatic hydroxyl groups is 1. The number of hydrogen-bond acceptors (Lipinski definition) is 10. The minimum Gasteiger partial charge on any atom is -0.450 e. The third-order valence-corrected chi connectivity index (χ3v) is 9.54. The van der Waals surface area contributed by atoms with Gasteiger partial charge in [-0.15, -0.1) is 0 Å². The van der Waals surface area contributed by atoms with Crippen molar-refractivity contribution in [1.29, 1.82) is 0 Å². The van der Waals surface area contributed by atoms with E-state index in [-0.39, 0.29) is 42.4 Å². The molecule has 0 bridgehead atoms. The van der Waals surface area contributed by atoms with E-state index in [1.54, 1.807) is 13.7 Å². The largest absolute Gasteiger partial charge is 0.450 e. The Labute approximate surface area is 258 Å². The average molecular weight is 633 g/mol. The number of nitrogens with two attached hydrogens (primary N) is 2. The highest BCUT2D eigenvalue weighted by Crippen LogP contribution is 2.18. The minimum atomic E-state index is -3.51. The third kappa shape index (κ3) is 17.3. The molecule has 8 N–H and O–H groups in total. The molecule has 0 saturated heterocycles. The standard InChI is InChI=1S/C29H57BN4O8S/c1-6-7-16-43(41,42)19-23(12-8-10-14-31)29(39)34-27(22(4)35)26(37)17-20(2)28(38)33-24(13-9-11-15-32)25(36)18-21(3)30(5)40/h20-24,27,35,40H,6-19,31-32H2,1-5H3,(H,33,38)(H,34,39)/t20-,21-,22-,23-,24+,27+/m1/s1. The second-order valence-corrected chi connectivity index (χ2v) is 14.2. The maximum atomic E-state index is 13.2. The summed E-state index contributed by atoms with van der Waals surface area (Å²) in [6.45, 7) is 8.22. The molecule has 0 aromatic heterocycles. The lowest BCUT2D eigenvalue weighted by Gasteiger charge is -2.25. The molecule has 0 radical (unpaired) electrons. The summed E-state index contributed by atoms with van der Waals surface area (Å²) >= 11 is 0. The van der Waals surface area contributed by atoms with Crippen molar-refractivity contribution in [3.63, 3.8) is 0 Å². The van der Waals surface area contributed by atoms with Crippen molar-refractivity contribution in [2.75, 3.05) is 24.6 Å². The van der Waals surface area contributed by atoms with E-state index in [0.717, 1.165) is 0 Å². The average Bonchev–Trinajstić information content (AvgIpc) is 2.93. The number of aliphatic hydroxyl groups excluding tert-OH is 1. The van der Waals surface area contributed by atoms with Crippen LogP contribution in [0.15, 0.2) is 0 Å². The lowest BCUT2D eigenvalue weighted by Crippen LogP contribution is -2.51. The Morgan fingerprint density at radius 1 is 0.837 bits per heavy atom. The number of carbonyl (C=O) groups excluding carboxylic acids is 4. The molecule has 6 atom stereocenters. The fourth-order valence-electron chi connectivity index (χ4n) is 4.59. The summed E-state index contributed by atoms with van der Waals surface area (Å²) in [7, 11) is -3.51. The molecule has 12 nitrogen and oxygen atoms in total. The molecule has 0 saturated carbocycles. The molecule has 0 fully saturated rings. The molecule has 14 heteroatoms. The SMILES string of the molecule is CCCCS(=O)(=O)C[C@@H](CCCCN)C(=O)N[C@H](C(=O)C[C@@H](C)C(=O)N[C@@H](CCCCN)C(=O)C[C@@H](C)B(C)O)[C@@H](C)O. The van der Waals surface area contributed by atoms with Crippen LogP contribution < -0.4 is 22.1 Å². The van der Waals surface area contributed by atoms with Crippen LogP contribution in [0.2, 0.25) is 12.6 Å². The Kier molecular flexibility index (Phi) is 20.8. The summed E-state index contributed by atoms with van der Waals surface area (Å²) in [5.74, 6) is -4.47. The van der Waals surface area contributed by atoms with Crippen LogP contribution in [0.3, 0.4) is 0 Å². The van der Waals surface area contributed by atoms with Crippen LogP contribution in [0.4, 0.5) is 0 Å². The molecule has 0 aliphatic heterocycles. The van der Waals surface area contributed by atoms with E-state index in [0.29, 0.717) is 58.0 Å². The molecule has 250 valence electrons. The summed E-state index contributed by atoms with van der Waals surface area (Å²) in [5.41, 5.74) is 11.1. The number of hydrogen-bond donors (Lipinski definition) is 6. The lowest BCUT2D eigenvalue weighted by molar-refractivity contribution is -0.135. The van der Waals surface area contributed by atoms with Crippen molar-refractivity contribution in [1.82, 2.24) is 10.6 Å². The van der Waals surface area contributed by atoms with Gasteiger partial charge in [-0.3, -0.25) is 19.2 Å². The van der Waals surface area contributed by atoms with Gasteiger partial charge in [-0.05, 0) is 64.4 Å². The third-order valence-electron chi connectivity index (χ3n) is 7.72. The van der Waals surface area contributed by atoms with Gasteiger partial charge in [0.25, 0.3) is 6.92 Å². The van der Waals surface area contributed by atoms with E-state index in [9.17, 15) is 37.7 Å². The number of Topliss-reactive ketones (excluding diaryl/α,β-unsaturated/α-hetero) is 2. The molecule has 0 aliphatic rings.